The molecular formula is C18H21N3OS. The number of benzene rings is 1. The van der Waals surface area contributed by atoms with Crippen molar-refractivity contribution in [2.75, 3.05) is 31.1 Å². The highest BCUT2D eigenvalue weighted by Gasteiger charge is 2.24. The Hall–Kier alpha value is -1.88. The van der Waals surface area contributed by atoms with Gasteiger partial charge in [0.05, 0.1) is 10.2 Å². The van der Waals surface area contributed by atoms with E-state index in [2.05, 4.69) is 35.3 Å². The molecule has 5 heteroatoms. The van der Waals surface area contributed by atoms with Crippen LogP contribution in [-0.4, -0.2) is 42.0 Å². The maximum absolute atomic E-state index is 12.4. The van der Waals surface area contributed by atoms with Gasteiger partial charge in [-0.05, 0) is 30.9 Å². The zero-order valence-corrected chi connectivity index (χ0v) is 14.0. The number of amides is 1. The maximum Gasteiger partial charge on any atom is 0.223 e. The van der Waals surface area contributed by atoms with Crippen molar-refractivity contribution in [2.45, 2.75) is 19.3 Å². The van der Waals surface area contributed by atoms with Crippen LogP contribution in [0.2, 0.25) is 0 Å². The third-order valence-electron chi connectivity index (χ3n) is 4.73. The molecule has 1 saturated heterocycles. The van der Waals surface area contributed by atoms with Crippen molar-refractivity contribution in [3.05, 3.63) is 36.4 Å². The molecular weight excluding hydrogens is 306 g/mol. The highest BCUT2D eigenvalue weighted by atomic mass is 32.1. The molecule has 1 aliphatic heterocycles. The van der Waals surface area contributed by atoms with Gasteiger partial charge in [0.25, 0.3) is 0 Å². The van der Waals surface area contributed by atoms with Crippen molar-refractivity contribution in [3.8, 4) is 0 Å². The normalized spacial score (nSPS) is 21.3. The lowest BCUT2D eigenvalue weighted by molar-refractivity contribution is -0.132. The Morgan fingerprint density at radius 1 is 1.22 bits per heavy atom. The highest BCUT2D eigenvalue weighted by molar-refractivity contribution is 7.22. The van der Waals surface area contributed by atoms with Crippen LogP contribution in [0.1, 0.15) is 19.3 Å². The molecule has 4 nitrogen and oxygen atoms in total. The van der Waals surface area contributed by atoms with Crippen LogP contribution in [0.5, 0.6) is 0 Å². The van der Waals surface area contributed by atoms with Crippen LogP contribution in [0.3, 0.4) is 0 Å². The van der Waals surface area contributed by atoms with E-state index in [1.54, 1.807) is 11.3 Å². The Morgan fingerprint density at radius 3 is 2.78 bits per heavy atom. The summed E-state index contributed by atoms with van der Waals surface area (Å²) >= 11 is 1.74. The summed E-state index contributed by atoms with van der Waals surface area (Å²) in [7, 11) is 0. The standard InChI is InChI=1S/C18H21N3OS/c22-17(13-14-5-1-2-6-14)20-9-11-21(12-10-20)18-19-15-7-3-4-8-16(15)23-18/h1,3-5,7-8,14H,2,6,9-13H2. The quantitative estimate of drug-likeness (QED) is 0.812. The fourth-order valence-electron chi connectivity index (χ4n) is 3.36. The fourth-order valence-corrected chi connectivity index (χ4v) is 4.38. The number of piperazine rings is 1. The molecule has 0 bridgehead atoms. The number of aromatic nitrogens is 1. The van der Waals surface area contributed by atoms with Gasteiger partial charge in [-0.3, -0.25) is 4.79 Å². The minimum Gasteiger partial charge on any atom is -0.345 e. The van der Waals surface area contributed by atoms with Crippen LogP contribution < -0.4 is 4.90 Å². The molecule has 1 amide bonds. The topological polar surface area (TPSA) is 36.4 Å². The minimum absolute atomic E-state index is 0.311. The Labute approximate surface area is 140 Å². The number of anilines is 1. The molecule has 4 rings (SSSR count). The third-order valence-corrected chi connectivity index (χ3v) is 5.83. The molecule has 0 radical (unpaired) electrons. The number of thiazole rings is 1. The van der Waals surface area contributed by atoms with Crippen molar-refractivity contribution in [1.29, 1.82) is 0 Å². The summed E-state index contributed by atoms with van der Waals surface area (Å²) in [6.45, 7) is 3.38. The van der Waals surface area contributed by atoms with E-state index in [0.29, 0.717) is 18.2 Å². The minimum atomic E-state index is 0.311. The molecule has 1 aliphatic carbocycles. The van der Waals surface area contributed by atoms with Gasteiger partial charge in [-0.15, -0.1) is 0 Å². The molecule has 1 aromatic heterocycles. The SMILES string of the molecule is O=C(CC1C=CCC1)N1CCN(c2nc3ccccc3s2)CC1. The molecule has 1 aromatic carbocycles. The number of hydrogen-bond donors (Lipinski definition) is 0. The summed E-state index contributed by atoms with van der Waals surface area (Å²) in [4.78, 5) is 21.5. The summed E-state index contributed by atoms with van der Waals surface area (Å²) in [5.41, 5.74) is 1.07. The van der Waals surface area contributed by atoms with Crippen molar-refractivity contribution < 1.29 is 4.79 Å². The first kappa shape index (κ1) is 14.7. The Bertz CT molecular complexity index is 698. The maximum atomic E-state index is 12.4. The summed E-state index contributed by atoms with van der Waals surface area (Å²) in [6, 6.07) is 8.26. The highest BCUT2D eigenvalue weighted by Crippen LogP contribution is 2.29. The molecule has 1 fully saturated rings. The first-order valence-corrected chi connectivity index (χ1v) is 9.16. The summed E-state index contributed by atoms with van der Waals surface area (Å²) in [6.07, 6.45) is 7.34. The molecule has 2 aromatic rings. The largest absolute Gasteiger partial charge is 0.345 e. The van der Waals surface area contributed by atoms with Gasteiger partial charge in [-0.25, -0.2) is 4.98 Å². The van der Waals surface area contributed by atoms with Gasteiger partial charge in [0, 0.05) is 32.6 Å². The summed E-state index contributed by atoms with van der Waals surface area (Å²) in [5.74, 6) is 0.773. The summed E-state index contributed by atoms with van der Waals surface area (Å²) < 4.78 is 1.23. The van der Waals surface area contributed by atoms with E-state index < -0.39 is 0 Å². The second-order valence-electron chi connectivity index (χ2n) is 6.30. The Kier molecular flexibility index (Phi) is 4.04. The van der Waals surface area contributed by atoms with Gasteiger partial charge in [0.2, 0.25) is 5.91 Å². The van der Waals surface area contributed by atoms with E-state index in [-0.39, 0.29) is 0 Å². The van der Waals surface area contributed by atoms with E-state index in [4.69, 9.17) is 4.98 Å². The van der Waals surface area contributed by atoms with Gasteiger partial charge in [-0.2, -0.15) is 0 Å². The number of nitrogens with zero attached hydrogens (tertiary/aromatic N) is 3. The van der Waals surface area contributed by atoms with Crippen LogP contribution in [0.25, 0.3) is 10.2 Å². The van der Waals surface area contributed by atoms with Crippen molar-refractivity contribution in [2.24, 2.45) is 5.92 Å². The van der Waals surface area contributed by atoms with E-state index in [0.717, 1.165) is 49.7 Å². The fraction of sp³-hybridized carbons (Fsp3) is 0.444. The molecule has 120 valence electrons. The lowest BCUT2D eigenvalue weighted by Gasteiger charge is -2.35. The van der Waals surface area contributed by atoms with Crippen LogP contribution in [-0.2, 0) is 4.79 Å². The van der Waals surface area contributed by atoms with Crippen LogP contribution >= 0.6 is 11.3 Å². The van der Waals surface area contributed by atoms with E-state index >= 15 is 0 Å². The molecule has 0 N–H and O–H groups in total. The second-order valence-corrected chi connectivity index (χ2v) is 7.31. The monoisotopic (exact) mass is 327 g/mol. The lowest BCUT2D eigenvalue weighted by Crippen LogP contribution is -2.49. The molecule has 1 unspecified atom stereocenters. The zero-order valence-electron chi connectivity index (χ0n) is 13.1. The van der Waals surface area contributed by atoms with E-state index in [1.807, 2.05) is 11.0 Å². The molecule has 23 heavy (non-hydrogen) atoms. The molecule has 2 aliphatic rings. The first-order valence-electron chi connectivity index (χ1n) is 8.34. The smallest absolute Gasteiger partial charge is 0.223 e. The predicted octanol–water partition coefficient (Wildman–Crippen LogP) is 3.30. The van der Waals surface area contributed by atoms with Gasteiger partial charge < -0.3 is 9.80 Å². The first-order chi connectivity index (χ1) is 11.3. The van der Waals surface area contributed by atoms with E-state index in [9.17, 15) is 4.79 Å². The van der Waals surface area contributed by atoms with Crippen molar-refractivity contribution >= 4 is 32.6 Å². The average Bonchev–Trinajstić information content (AvgIpc) is 3.24. The lowest BCUT2D eigenvalue weighted by atomic mass is 10.0. The average molecular weight is 327 g/mol. The van der Waals surface area contributed by atoms with Gasteiger partial charge in [-0.1, -0.05) is 35.6 Å². The number of carbonyl (C=O) groups is 1. The Balaban J connectivity index is 1.36. The second kappa shape index (κ2) is 6.32. The molecule has 1 atom stereocenters. The predicted molar refractivity (Wildman–Crippen MR) is 94.9 cm³/mol. The van der Waals surface area contributed by atoms with Crippen molar-refractivity contribution in [1.82, 2.24) is 9.88 Å². The molecule has 0 saturated carbocycles. The van der Waals surface area contributed by atoms with Gasteiger partial charge in [0.15, 0.2) is 5.13 Å². The van der Waals surface area contributed by atoms with Gasteiger partial charge in [0.1, 0.15) is 0 Å². The van der Waals surface area contributed by atoms with Crippen molar-refractivity contribution in [3.63, 3.8) is 0 Å². The van der Waals surface area contributed by atoms with Crippen LogP contribution in [0, 0.1) is 5.92 Å². The molecule has 2 heterocycles. The number of hydrogen-bond acceptors (Lipinski definition) is 4. The molecule has 0 spiro atoms. The number of para-hydroxylation sites is 1. The third kappa shape index (κ3) is 3.11. The zero-order chi connectivity index (χ0) is 15.6. The number of fused-ring (bicyclic) bond motifs is 1. The number of allylic oxidation sites excluding steroid dienone is 2. The number of carbonyl (C=O) groups excluding carboxylic acids is 1. The Morgan fingerprint density at radius 2 is 2.04 bits per heavy atom. The van der Waals surface area contributed by atoms with Gasteiger partial charge >= 0.3 is 0 Å². The summed E-state index contributed by atoms with van der Waals surface area (Å²) in [5, 5.41) is 1.08. The van der Waals surface area contributed by atoms with Crippen LogP contribution in [0.15, 0.2) is 36.4 Å². The van der Waals surface area contributed by atoms with Crippen LogP contribution in [0.4, 0.5) is 5.13 Å². The number of rotatable bonds is 3. The van der Waals surface area contributed by atoms with E-state index in [1.165, 1.54) is 4.70 Å².